The average molecular weight is 445 g/mol. The maximum atomic E-state index is 11.3. The normalized spacial score (nSPS) is 14.5. The first kappa shape index (κ1) is 22.6. The van der Waals surface area contributed by atoms with E-state index in [1.807, 2.05) is 48.5 Å². The lowest BCUT2D eigenvalue weighted by molar-refractivity contribution is -0.149. The van der Waals surface area contributed by atoms with Crippen molar-refractivity contribution < 1.29 is 24.1 Å². The molecule has 0 fully saturated rings. The second-order valence-electron chi connectivity index (χ2n) is 7.83. The highest BCUT2D eigenvalue weighted by atomic mass is 16.5. The monoisotopic (exact) mass is 444 g/mol. The molecule has 1 heterocycles. The van der Waals surface area contributed by atoms with Gasteiger partial charge in [-0.15, -0.1) is 0 Å². The number of carboxylic acids is 1. The van der Waals surface area contributed by atoms with Crippen LogP contribution in [-0.2, 0) is 22.6 Å². The molecule has 5 heteroatoms. The van der Waals surface area contributed by atoms with Crippen molar-refractivity contribution in [2.75, 3.05) is 13.2 Å². The first-order valence-corrected chi connectivity index (χ1v) is 11.2. The Morgan fingerprint density at radius 1 is 1.03 bits per heavy atom. The van der Waals surface area contributed by atoms with Gasteiger partial charge in [0.25, 0.3) is 0 Å². The zero-order chi connectivity index (χ0) is 23.0. The molecule has 1 aliphatic heterocycles. The second kappa shape index (κ2) is 10.8. The number of benzene rings is 3. The predicted octanol–water partition coefficient (Wildman–Crippen LogP) is 5.51. The third-order valence-electron chi connectivity index (χ3n) is 5.59. The molecule has 1 unspecified atom stereocenters. The number of fused-ring (bicyclic) bond motifs is 2. The Labute approximate surface area is 194 Å². The Morgan fingerprint density at radius 3 is 2.52 bits per heavy atom. The van der Waals surface area contributed by atoms with Gasteiger partial charge in [-0.2, -0.15) is 0 Å². The van der Waals surface area contributed by atoms with E-state index in [0.717, 1.165) is 34.6 Å². The van der Waals surface area contributed by atoms with Crippen LogP contribution in [0.5, 0.6) is 11.5 Å². The Hall–Kier alpha value is -3.57. The molecule has 0 spiro atoms. The molecule has 5 nitrogen and oxygen atoms in total. The number of rotatable bonds is 9. The van der Waals surface area contributed by atoms with Gasteiger partial charge < -0.3 is 19.3 Å². The number of ether oxygens (including phenoxy) is 3. The summed E-state index contributed by atoms with van der Waals surface area (Å²) in [4.78, 5) is 11.3. The molecule has 170 valence electrons. The van der Waals surface area contributed by atoms with E-state index in [9.17, 15) is 9.90 Å². The van der Waals surface area contributed by atoms with Crippen LogP contribution in [0.25, 0.3) is 5.57 Å². The highest BCUT2D eigenvalue weighted by Gasteiger charge is 2.19. The Morgan fingerprint density at radius 2 is 1.76 bits per heavy atom. The molecule has 4 rings (SSSR count). The number of aliphatic carboxylic acids is 1. The number of carbonyl (C=O) groups is 1. The van der Waals surface area contributed by atoms with Crippen molar-refractivity contribution >= 4 is 11.5 Å². The molecule has 0 saturated heterocycles. The lowest BCUT2D eigenvalue weighted by Gasteiger charge is -2.13. The van der Waals surface area contributed by atoms with Crippen LogP contribution in [-0.4, -0.2) is 30.4 Å². The van der Waals surface area contributed by atoms with Crippen molar-refractivity contribution in [3.05, 3.63) is 101 Å². The van der Waals surface area contributed by atoms with Crippen molar-refractivity contribution in [2.24, 2.45) is 0 Å². The summed E-state index contributed by atoms with van der Waals surface area (Å²) in [5.41, 5.74) is 5.51. The van der Waals surface area contributed by atoms with Gasteiger partial charge in [-0.05, 0) is 47.4 Å². The molecule has 33 heavy (non-hydrogen) atoms. The van der Waals surface area contributed by atoms with E-state index in [0.29, 0.717) is 26.2 Å². The summed E-state index contributed by atoms with van der Waals surface area (Å²) in [7, 11) is 0. The van der Waals surface area contributed by atoms with Gasteiger partial charge in [-0.25, -0.2) is 4.79 Å². The van der Waals surface area contributed by atoms with Crippen molar-refractivity contribution in [3.8, 4) is 11.5 Å². The standard InChI is InChI=1S/C28H28O5/c1-2-31-27(28(29)30)18-20-13-15-22(16-14-20)32-17-7-11-24-23-9-4-3-8-21(23)19-33-26-12-6-5-10-25(24)26/h3-6,8-16,27H,2,7,17-19H2,1H3,(H,29,30)/b24-11-. The largest absolute Gasteiger partial charge is 0.493 e. The van der Waals surface area contributed by atoms with Crippen LogP contribution in [0.1, 0.15) is 35.6 Å². The van der Waals surface area contributed by atoms with Crippen LogP contribution < -0.4 is 9.47 Å². The zero-order valence-electron chi connectivity index (χ0n) is 18.7. The fraction of sp³-hybridized carbons (Fsp3) is 0.250. The number of para-hydroxylation sites is 1. The number of hydrogen-bond acceptors (Lipinski definition) is 4. The van der Waals surface area contributed by atoms with Crippen LogP contribution in [0.15, 0.2) is 78.9 Å². The lowest BCUT2D eigenvalue weighted by atomic mass is 9.93. The third kappa shape index (κ3) is 5.62. The van der Waals surface area contributed by atoms with E-state index in [-0.39, 0.29) is 0 Å². The van der Waals surface area contributed by atoms with Crippen LogP contribution in [0.2, 0.25) is 0 Å². The van der Waals surface area contributed by atoms with E-state index in [4.69, 9.17) is 14.2 Å². The van der Waals surface area contributed by atoms with Crippen LogP contribution >= 0.6 is 0 Å². The molecular weight excluding hydrogens is 416 g/mol. The number of carboxylic acid groups (broad SMARTS) is 1. The quantitative estimate of drug-likeness (QED) is 0.441. The third-order valence-corrected chi connectivity index (χ3v) is 5.59. The van der Waals surface area contributed by atoms with E-state index >= 15 is 0 Å². The van der Waals surface area contributed by atoms with Crippen molar-refractivity contribution in [1.82, 2.24) is 0 Å². The smallest absolute Gasteiger partial charge is 0.333 e. The van der Waals surface area contributed by atoms with Crippen molar-refractivity contribution in [2.45, 2.75) is 32.5 Å². The van der Waals surface area contributed by atoms with Gasteiger partial charge in [0.15, 0.2) is 6.10 Å². The van der Waals surface area contributed by atoms with Gasteiger partial charge in [0.1, 0.15) is 18.1 Å². The summed E-state index contributed by atoms with van der Waals surface area (Å²) in [6.45, 7) is 3.25. The summed E-state index contributed by atoms with van der Waals surface area (Å²) >= 11 is 0. The topological polar surface area (TPSA) is 65.0 Å². The van der Waals surface area contributed by atoms with Gasteiger partial charge >= 0.3 is 5.97 Å². The average Bonchev–Trinajstić information content (AvgIpc) is 2.99. The van der Waals surface area contributed by atoms with E-state index in [1.54, 1.807) is 6.92 Å². The minimum Gasteiger partial charge on any atom is -0.493 e. The Bertz CT molecular complexity index is 1070. The minimum absolute atomic E-state index is 0.330. The highest BCUT2D eigenvalue weighted by Crippen LogP contribution is 2.36. The van der Waals surface area contributed by atoms with Crippen LogP contribution in [0, 0.1) is 0 Å². The SMILES string of the molecule is CCOC(Cc1ccc(OCC/C=C2/c3ccccc3COc3ccccc32)cc1)C(=O)O. The molecular formula is C28H28O5. The molecule has 0 saturated carbocycles. The first-order valence-electron chi connectivity index (χ1n) is 11.2. The van der Waals surface area contributed by atoms with Gasteiger partial charge in [-0.1, -0.05) is 60.7 Å². The van der Waals surface area contributed by atoms with Gasteiger partial charge in [0.05, 0.1) is 6.61 Å². The van der Waals surface area contributed by atoms with E-state index < -0.39 is 12.1 Å². The molecule has 0 bridgehead atoms. The maximum Gasteiger partial charge on any atom is 0.333 e. The summed E-state index contributed by atoms with van der Waals surface area (Å²) in [5, 5.41) is 9.25. The second-order valence-corrected chi connectivity index (χ2v) is 7.83. The fourth-order valence-corrected chi connectivity index (χ4v) is 3.98. The van der Waals surface area contributed by atoms with E-state index in [1.165, 1.54) is 11.1 Å². The van der Waals surface area contributed by atoms with Gasteiger partial charge in [-0.3, -0.25) is 0 Å². The fourth-order valence-electron chi connectivity index (χ4n) is 3.98. The zero-order valence-corrected chi connectivity index (χ0v) is 18.7. The van der Waals surface area contributed by atoms with Crippen molar-refractivity contribution in [3.63, 3.8) is 0 Å². The Balaban J connectivity index is 1.41. The lowest BCUT2D eigenvalue weighted by Crippen LogP contribution is -2.26. The van der Waals surface area contributed by atoms with Gasteiger partial charge in [0, 0.05) is 25.0 Å². The van der Waals surface area contributed by atoms with Gasteiger partial charge in [0.2, 0.25) is 0 Å². The highest BCUT2D eigenvalue weighted by molar-refractivity contribution is 5.84. The first-order chi connectivity index (χ1) is 16.2. The Kier molecular flexibility index (Phi) is 7.43. The molecule has 3 aromatic carbocycles. The summed E-state index contributed by atoms with van der Waals surface area (Å²) in [6.07, 6.45) is 2.45. The summed E-state index contributed by atoms with van der Waals surface area (Å²) in [6, 6.07) is 24.0. The molecule has 0 radical (unpaired) electrons. The molecule has 1 aliphatic rings. The maximum absolute atomic E-state index is 11.3. The minimum atomic E-state index is -0.947. The molecule has 0 aliphatic carbocycles. The molecule has 0 amide bonds. The van der Waals surface area contributed by atoms with Crippen LogP contribution in [0.3, 0.4) is 0 Å². The van der Waals surface area contributed by atoms with E-state index in [2.05, 4.69) is 30.3 Å². The predicted molar refractivity (Wildman–Crippen MR) is 128 cm³/mol. The molecule has 3 aromatic rings. The molecule has 0 aromatic heterocycles. The summed E-state index contributed by atoms with van der Waals surface area (Å²) < 4.78 is 17.3. The van der Waals surface area contributed by atoms with Crippen LogP contribution in [0.4, 0.5) is 0 Å². The van der Waals surface area contributed by atoms with Crippen molar-refractivity contribution in [1.29, 1.82) is 0 Å². The summed E-state index contributed by atoms with van der Waals surface area (Å²) in [5.74, 6) is 0.700. The molecule has 1 atom stereocenters. The molecule has 1 N–H and O–H groups in total. The number of hydrogen-bond donors (Lipinski definition) is 1.